The summed E-state index contributed by atoms with van der Waals surface area (Å²) in [7, 11) is 0. The van der Waals surface area contributed by atoms with Crippen molar-refractivity contribution in [2.75, 3.05) is 0 Å². The van der Waals surface area contributed by atoms with Gasteiger partial charge in [-0.3, -0.25) is 0 Å². The molecule has 0 N–H and O–H groups in total. The van der Waals surface area contributed by atoms with Gasteiger partial charge < -0.3 is 0 Å². The second kappa shape index (κ2) is 6.21. The molecule has 64 valence electrons. The molecule has 11 heavy (non-hydrogen) atoms. The number of unbranched alkanes of at least 4 members (excludes halogenated alkanes) is 1. The van der Waals surface area contributed by atoms with Crippen LogP contribution in [0.4, 0.5) is 0 Å². The van der Waals surface area contributed by atoms with Crippen LogP contribution in [0.15, 0.2) is 23.8 Å². The standard InChI is InChI=1S/C11H20/c1-5-11(4)9-7-6-8-10(2)3/h9H,2,5-8H2,1,3-4H3. The minimum absolute atomic E-state index is 1.17. The van der Waals surface area contributed by atoms with E-state index in [1.54, 1.807) is 0 Å². The molecule has 0 amide bonds. The Kier molecular flexibility index (Phi) is 5.91. The van der Waals surface area contributed by atoms with Gasteiger partial charge in [-0.25, -0.2) is 0 Å². The Hall–Kier alpha value is -0.520. The third-order valence-electron chi connectivity index (χ3n) is 1.86. The van der Waals surface area contributed by atoms with Gasteiger partial charge in [0, 0.05) is 0 Å². The van der Waals surface area contributed by atoms with Crippen molar-refractivity contribution in [2.45, 2.75) is 46.5 Å². The molecule has 0 saturated carbocycles. The van der Waals surface area contributed by atoms with Gasteiger partial charge in [-0.05, 0) is 39.5 Å². The highest BCUT2D eigenvalue weighted by atomic mass is 13.9. The van der Waals surface area contributed by atoms with Gasteiger partial charge in [0.15, 0.2) is 0 Å². The Morgan fingerprint density at radius 3 is 2.45 bits per heavy atom. The Balaban J connectivity index is 3.33. The van der Waals surface area contributed by atoms with Crippen LogP contribution in [-0.2, 0) is 0 Å². The first-order chi connectivity index (χ1) is 5.16. The zero-order valence-corrected chi connectivity index (χ0v) is 8.11. The van der Waals surface area contributed by atoms with Crippen LogP contribution in [0.1, 0.15) is 46.5 Å². The fraction of sp³-hybridized carbons (Fsp3) is 0.636. The van der Waals surface area contributed by atoms with Crippen molar-refractivity contribution in [1.29, 1.82) is 0 Å². The van der Waals surface area contributed by atoms with Gasteiger partial charge in [-0.1, -0.05) is 24.1 Å². The van der Waals surface area contributed by atoms with E-state index in [0.717, 1.165) is 0 Å². The lowest BCUT2D eigenvalue weighted by Crippen LogP contribution is -1.76. The molecule has 0 aliphatic rings. The van der Waals surface area contributed by atoms with Crippen molar-refractivity contribution < 1.29 is 0 Å². The first-order valence-corrected chi connectivity index (χ1v) is 4.46. The van der Waals surface area contributed by atoms with E-state index in [1.165, 1.54) is 36.8 Å². The number of hydrogen-bond acceptors (Lipinski definition) is 0. The minimum atomic E-state index is 1.17. The lowest BCUT2D eigenvalue weighted by atomic mass is 10.1. The molecular weight excluding hydrogens is 132 g/mol. The molecule has 0 spiro atoms. The van der Waals surface area contributed by atoms with Gasteiger partial charge >= 0.3 is 0 Å². The maximum absolute atomic E-state index is 3.87. The van der Waals surface area contributed by atoms with Gasteiger partial charge in [0.25, 0.3) is 0 Å². The van der Waals surface area contributed by atoms with Crippen LogP contribution in [0.2, 0.25) is 0 Å². The largest absolute Gasteiger partial charge is 0.100 e. The summed E-state index contributed by atoms with van der Waals surface area (Å²) >= 11 is 0. The van der Waals surface area contributed by atoms with Crippen molar-refractivity contribution in [3.8, 4) is 0 Å². The predicted molar refractivity (Wildman–Crippen MR) is 52.7 cm³/mol. The topological polar surface area (TPSA) is 0 Å². The molecule has 0 heteroatoms. The van der Waals surface area contributed by atoms with Gasteiger partial charge in [0.05, 0.1) is 0 Å². The quantitative estimate of drug-likeness (QED) is 0.411. The van der Waals surface area contributed by atoms with E-state index in [1.807, 2.05) is 0 Å². The van der Waals surface area contributed by atoms with Crippen molar-refractivity contribution >= 4 is 0 Å². The molecule has 0 aromatic heterocycles. The third kappa shape index (κ3) is 7.38. The molecule has 0 atom stereocenters. The fourth-order valence-electron chi connectivity index (χ4n) is 0.897. The van der Waals surface area contributed by atoms with E-state index in [2.05, 4.69) is 33.4 Å². The van der Waals surface area contributed by atoms with Crippen LogP contribution in [0.25, 0.3) is 0 Å². The molecule has 0 bridgehead atoms. The van der Waals surface area contributed by atoms with Crippen molar-refractivity contribution in [1.82, 2.24) is 0 Å². The average Bonchev–Trinajstić information content (AvgIpc) is 1.97. The van der Waals surface area contributed by atoms with Crippen molar-refractivity contribution in [3.05, 3.63) is 23.8 Å². The lowest BCUT2D eigenvalue weighted by Gasteiger charge is -1.97. The Labute approximate surface area is 71.0 Å². The van der Waals surface area contributed by atoms with E-state index in [9.17, 15) is 0 Å². The minimum Gasteiger partial charge on any atom is -0.100 e. The normalized spacial score (nSPS) is 11.7. The Morgan fingerprint density at radius 2 is 2.00 bits per heavy atom. The molecule has 0 aromatic rings. The highest BCUT2D eigenvalue weighted by molar-refractivity contribution is 4.97. The summed E-state index contributed by atoms with van der Waals surface area (Å²) in [6, 6.07) is 0. The summed E-state index contributed by atoms with van der Waals surface area (Å²) in [5, 5.41) is 0. The summed E-state index contributed by atoms with van der Waals surface area (Å²) in [6.07, 6.45) is 7.17. The number of allylic oxidation sites excluding steroid dienone is 3. The molecule has 0 aliphatic carbocycles. The maximum Gasteiger partial charge on any atom is -0.0323 e. The summed E-state index contributed by atoms with van der Waals surface area (Å²) in [5.41, 5.74) is 2.80. The SMILES string of the molecule is C=C(C)CCCC=C(C)CC. The van der Waals surface area contributed by atoms with Gasteiger partial charge in [-0.2, -0.15) is 0 Å². The maximum atomic E-state index is 3.87. The number of hydrogen-bond donors (Lipinski definition) is 0. The predicted octanol–water partition coefficient (Wildman–Crippen LogP) is 4.09. The zero-order valence-electron chi connectivity index (χ0n) is 8.11. The highest BCUT2D eigenvalue weighted by Gasteiger charge is 1.87. The van der Waals surface area contributed by atoms with E-state index >= 15 is 0 Å². The third-order valence-corrected chi connectivity index (χ3v) is 1.86. The average molecular weight is 152 g/mol. The summed E-state index contributed by atoms with van der Waals surface area (Å²) in [5.74, 6) is 0. The second-order valence-corrected chi connectivity index (χ2v) is 3.25. The highest BCUT2D eigenvalue weighted by Crippen LogP contribution is 2.07. The van der Waals surface area contributed by atoms with E-state index in [4.69, 9.17) is 0 Å². The van der Waals surface area contributed by atoms with E-state index in [0.29, 0.717) is 0 Å². The van der Waals surface area contributed by atoms with E-state index < -0.39 is 0 Å². The second-order valence-electron chi connectivity index (χ2n) is 3.25. The fourth-order valence-corrected chi connectivity index (χ4v) is 0.897. The first-order valence-electron chi connectivity index (χ1n) is 4.46. The number of rotatable bonds is 5. The van der Waals surface area contributed by atoms with Crippen LogP contribution in [-0.4, -0.2) is 0 Å². The lowest BCUT2D eigenvalue weighted by molar-refractivity contribution is 0.826. The molecule has 0 rings (SSSR count). The molecule has 0 radical (unpaired) electrons. The first kappa shape index (κ1) is 10.5. The molecule has 0 nitrogen and oxygen atoms in total. The van der Waals surface area contributed by atoms with Gasteiger partial charge in [0.2, 0.25) is 0 Å². The summed E-state index contributed by atoms with van der Waals surface area (Å²) < 4.78 is 0. The van der Waals surface area contributed by atoms with Gasteiger partial charge in [0.1, 0.15) is 0 Å². The van der Waals surface area contributed by atoms with Crippen LogP contribution in [0.5, 0.6) is 0 Å². The smallest absolute Gasteiger partial charge is 0.0323 e. The summed E-state index contributed by atoms with van der Waals surface area (Å²) in [6.45, 7) is 10.4. The Bertz CT molecular complexity index is 140. The van der Waals surface area contributed by atoms with Crippen LogP contribution in [0, 0.1) is 0 Å². The molecule has 0 heterocycles. The molecule has 0 unspecified atom stereocenters. The molecule has 0 fully saturated rings. The van der Waals surface area contributed by atoms with Crippen molar-refractivity contribution in [3.63, 3.8) is 0 Å². The summed E-state index contributed by atoms with van der Waals surface area (Å²) in [4.78, 5) is 0. The zero-order chi connectivity index (χ0) is 8.69. The van der Waals surface area contributed by atoms with E-state index in [-0.39, 0.29) is 0 Å². The van der Waals surface area contributed by atoms with Crippen molar-refractivity contribution in [2.24, 2.45) is 0 Å². The molecule has 0 saturated heterocycles. The van der Waals surface area contributed by atoms with Crippen LogP contribution in [0.3, 0.4) is 0 Å². The molecular formula is C11H20. The van der Waals surface area contributed by atoms with Gasteiger partial charge in [-0.15, -0.1) is 6.58 Å². The Morgan fingerprint density at radius 1 is 1.36 bits per heavy atom. The monoisotopic (exact) mass is 152 g/mol. The van der Waals surface area contributed by atoms with Crippen LogP contribution >= 0.6 is 0 Å². The van der Waals surface area contributed by atoms with Crippen LogP contribution < -0.4 is 0 Å². The molecule has 0 aromatic carbocycles. The molecule has 0 aliphatic heterocycles.